The molecule has 26 nitrogen and oxygen atoms in total. The summed E-state index contributed by atoms with van der Waals surface area (Å²) in [4.78, 5) is 123. The second-order valence-corrected chi connectivity index (χ2v) is 36.2. The van der Waals surface area contributed by atoms with Crippen LogP contribution in [0.2, 0.25) is 0 Å². The van der Waals surface area contributed by atoms with E-state index in [1.807, 2.05) is 0 Å². The van der Waals surface area contributed by atoms with Crippen LogP contribution in [0.4, 0.5) is 0 Å². The summed E-state index contributed by atoms with van der Waals surface area (Å²) in [5.41, 5.74) is 0. The Morgan fingerprint density at radius 2 is 0.360 bits per heavy atom. The molecule has 0 spiro atoms. The molecule has 0 amide bonds. The van der Waals surface area contributed by atoms with Crippen LogP contribution in [0.25, 0.3) is 0 Å². The molecule has 0 saturated carbocycles. The van der Waals surface area contributed by atoms with Gasteiger partial charge < -0.3 is 27.9 Å². The normalized spacial score (nSPS) is 12.4. The van der Waals surface area contributed by atoms with E-state index < -0.39 is 158 Å². The zero-order valence-electron chi connectivity index (χ0n) is 78.5. The molecule has 0 aliphatic carbocycles. The van der Waals surface area contributed by atoms with Gasteiger partial charge in [0.1, 0.15) is 0 Å². The Bertz CT molecular complexity index is 2310. The summed E-state index contributed by atoms with van der Waals surface area (Å²) >= 11 is -5.72. The quantitative estimate of drug-likeness (QED) is 0.0104. The minimum atomic E-state index is -5.72. The third-order valence-electron chi connectivity index (χ3n) is 20.5. The van der Waals surface area contributed by atoms with Crippen molar-refractivity contribution in [3.63, 3.8) is 0 Å². The molecule has 125 heavy (non-hydrogen) atoms. The van der Waals surface area contributed by atoms with E-state index in [0.717, 1.165) is 74.3 Å². The second kappa shape index (κ2) is 90.8. The molecule has 0 saturated heterocycles. The van der Waals surface area contributed by atoms with Gasteiger partial charge in [-0.2, -0.15) is 0 Å². The number of carbonyl (C=O) groups excluding carboxylic acids is 8. The van der Waals surface area contributed by atoms with E-state index in [2.05, 4.69) is 80.3 Å². The zero-order valence-corrected chi connectivity index (χ0v) is 81.9. The molecule has 0 bridgehead atoms. The predicted molar refractivity (Wildman–Crippen MR) is 488 cm³/mol. The molecule has 0 rings (SSSR count). The van der Waals surface area contributed by atoms with Crippen LogP contribution in [0.5, 0.6) is 0 Å². The van der Waals surface area contributed by atoms with Gasteiger partial charge >= 0.3 is 385 Å². The molecule has 722 valence electrons. The van der Waals surface area contributed by atoms with Crippen LogP contribution >= 0.6 is 17.2 Å². The van der Waals surface area contributed by atoms with Gasteiger partial charge in [0.05, 0.1) is 43.6 Å². The van der Waals surface area contributed by atoms with Crippen molar-refractivity contribution >= 4 is 65.0 Å². The molecule has 0 aromatic rings. The molecule has 0 radical (unpaired) electrons. The molecule has 0 aromatic heterocycles. The van der Waals surface area contributed by atoms with Crippen molar-refractivity contribution in [1.29, 1.82) is 0 Å². The summed E-state index contributed by atoms with van der Waals surface area (Å²) in [5, 5.41) is 0. The summed E-state index contributed by atoms with van der Waals surface area (Å²) in [6.45, 7) is 42.8. The summed E-state index contributed by atoms with van der Waals surface area (Å²) in [6.07, 6.45) is 58.5. The maximum atomic E-state index is 12.4. The van der Waals surface area contributed by atoms with Crippen LogP contribution in [-0.2, 0) is 126 Å². The number of esters is 8. The standard InChI is InChI=1S/2C26H54O3P.4C11H15O5.Ti/c2*1-3-5-7-9-11-13-15-17-19-21-23-25-28-30(27)29-26-24-22-20-18-16-14-12-10-8-6-4-2;4*1-4-8(7-12)11(15-9(13)5-2)16-10(14)6-3;/h2*3-26H2,1-2H3;4*5-6,8,11H,2-4,7H2,1H3;/q6*-1;+6. The summed E-state index contributed by atoms with van der Waals surface area (Å²) in [5.74, 6) is -11.8. The van der Waals surface area contributed by atoms with Gasteiger partial charge in [-0.3, -0.25) is 0 Å². The van der Waals surface area contributed by atoms with Crippen molar-refractivity contribution in [2.45, 2.75) is 389 Å². The van der Waals surface area contributed by atoms with Gasteiger partial charge in [0.15, 0.2) is 0 Å². The zero-order chi connectivity index (χ0) is 93.5. The summed E-state index contributed by atoms with van der Waals surface area (Å²) in [6, 6.07) is 0. The topological polar surface area (TPSA) is 330 Å². The van der Waals surface area contributed by atoms with Crippen LogP contribution in [0.3, 0.4) is 0 Å². The second-order valence-electron chi connectivity index (χ2n) is 30.9. The number of hydrogen-bond acceptors (Lipinski definition) is 26. The minimum absolute atomic E-state index is 0.0931. The molecule has 0 aliphatic heterocycles. The fourth-order valence-electron chi connectivity index (χ4n) is 12.5. The van der Waals surface area contributed by atoms with E-state index in [1.54, 1.807) is 27.7 Å². The van der Waals surface area contributed by atoms with Gasteiger partial charge in [-0.05, 0) is 25.7 Å². The molecule has 0 heterocycles. The fourth-order valence-corrected chi connectivity index (χ4v) is 17.2. The Morgan fingerprint density at radius 1 is 0.232 bits per heavy atom. The number of rotatable bonds is 88. The van der Waals surface area contributed by atoms with Gasteiger partial charge in [-0.15, -0.1) is 0 Å². The predicted octanol–water partition coefficient (Wildman–Crippen LogP) is 23.6. The molecule has 0 aliphatic rings. The first-order chi connectivity index (χ1) is 60.5. The number of unbranched alkanes of at least 4 members (excludes halogenated alkanes) is 40. The molecule has 29 heteroatoms. The van der Waals surface area contributed by atoms with E-state index in [-0.39, 0.29) is 25.7 Å². The van der Waals surface area contributed by atoms with Crippen molar-refractivity contribution in [3.8, 4) is 0 Å². The van der Waals surface area contributed by atoms with E-state index in [4.69, 9.17) is 69.3 Å². The largest absolute Gasteiger partial charge is 0.786 e. The van der Waals surface area contributed by atoms with Crippen molar-refractivity contribution < 1.29 is 136 Å². The summed E-state index contributed by atoms with van der Waals surface area (Å²) < 4.78 is 89.9. The number of ether oxygens (including phenoxy) is 8. The SMILES string of the molecule is C=CC(=O)OC(OC(=O)C=C)C(CC)C[O][Ti+2]([O]CC(CC)C(OC(=O)C=C)OC(=O)C=C)([O]CC(CC)C(OC(=O)C=C)OC(=O)C=C)[O]CC(CC)C(OC(=O)C=C)OC(=O)C=C.CCCCCCCCCCCCCOP([O-])OCCCCCCCCCCCCC.CCCCCCCCCCCCCOP([O-])OCCCCCCCCCCCCC. The number of hydrogen-bond donors (Lipinski definition) is 0. The maximum Gasteiger partial charge on any atom is 0.0828 e. The van der Waals surface area contributed by atoms with Gasteiger partial charge in [0.2, 0.25) is 0 Å². The Morgan fingerprint density at radius 3 is 0.480 bits per heavy atom. The van der Waals surface area contributed by atoms with Crippen molar-refractivity contribution in [2.24, 2.45) is 23.7 Å². The Kier molecular flexibility index (Phi) is 90.0. The van der Waals surface area contributed by atoms with Crippen molar-refractivity contribution in [3.05, 3.63) is 101 Å². The Labute approximate surface area is 762 Å². The van der Waals surface area contributed by atoms with Crippen molar-refractivity contribution in [2.75, 3.05) is 52.9 Å². The van der Waals surface area contributed by atoms with Crippen LogP contribution in [0.15, 0.2) is 101 Å². The molecule has 4 atom stereocenters. The average molecular weight is 1850 g/mol. The van der Waals surface area contributed by atoms with Gasteiger partial charge in [-0.25, -0.2) is 0 Å². The molecule has 4 unspecified atom stereocenters. The van der Waals surface area contributed by atoms with Gasteiger partial charge in [0, 0.05) is 0 Å². The van der Waals surface area contributed by atoms with Crippen LogP contribution in [-0.4, -0.2) is 126 Å². The Hall–Kier alpha value is -5.15. The molecule has 0 aromatic carbocycles. The molecular formula is C96H168O26P2Ti. The monoisotopic (exact) mass is 1850 g/mol. The third kappa shape index (κ3) is 75.3. The van der Waals surface area contributed by atoms with Crippen molar-refractivity contribution in [1.82, 2.24) is 0 Å². The average Bonchev–Trinajstić information content (AvgIpc) is 0.825. The number of carbonyl (C=O) groups is 8. The summed E-state index contributed by atoms with van der Waals surface area (Å²) in [7, 11) is -3.81. The first-order valence-electron chi connectivity index (χ1n) is 47.2. The smallest absolute Gasteiger partial charge is 0.0828 e. The molecular weight excluding hydrogens is 1680 g/mol. The van der Waals surface area contributed by atoms with Crippen LogP contribution in [0, 0.1) is 23.7 Å². The van der Waals surface area contributed by atoms with Crippen LogP contribution in [0.1, 0.15) is 364 Å². The Balaban J connectivity index is -0.00000205. The maximum absolute atomic E-state index is 12.4. The minimum Gasteiger partial charge on any atom is -0.786 e. The van der Waals surface area contributed by atoms with Gasteiger partial charge in [0.25, 0.3) is 0 Å². The first kappa shape index (κ1) is 124. The first-order valence-corrected chi connectivity index (χ1v) is 51.9. The molecule has 0 fully saturated rings. The fraction of sp³-hybridized carbons (Fsp3) is 0.750. The van der Waals surface area contributed by atoms with E-state index in [1.165, 1.54) is 257 Å². The van der Waals surface area contributed by atoms with E-state index in [9.17, 15) is 48.1 Å². The van der Waals surface area contributed by atoms with Gasteiger partial charge in [-0.1, -0.05) is 285 Å². The molecule has 0 N–H and O–H groups in total. The van der Waals surface area contributed by atoms with E-state index >= 15 is 0 Å². The van der Waals surface area contributed by atoms with Crippen LogP contribution < -0.4 is 9.79 Å². The van der Waals surface area contributed by atoms with E-state index in [0.29, 0.717) is 26.4 Å². The third-order valence-corrected chi connectivity index (χ3v) is 25.3.